The molecule has 2 aromatic rings. The van der Waals surface area contributed by atoms with Crippen LogP contribution in [-0.2, 0) is 19.1 Å². The molecule has 1 aliphatic heterocycles. The number of amides is 4. The Morgan fingerprint density at radius 2 is 1.79 bits per heavy atom. The van der Waals surface area contributed by atoms with Gasteiger partial charge in [0.25, 0.3) is 11.8 Å². The van der Waals surface area contributed by atoms with Crippen molar-refractivity contribution in [2.24, 2.45) is 0 Å². The lowest BCUT2D eigenvalue weighted by molar-refractivity contribution is -0.143. The van der Waals surface area contributed by atoms with Gasteiger partial charge >= 0.3 is 12.0 Å². The van der Waals surface area contributed by atoms with Gasteiger partial charge in [-0.25, -0.2) is 18.9 Å². The van der Waals surface area contributed by atoms with Gasteiger partial charge in [-0.05, 0) is 36.4 Å². The van der Waals surface area contributed by atoms with E-state index >= 15 is 0 Å². The van der Waals surface area contributed by atoms with Gasteiger partial charge in [-0.2, -0.15) is 0 Å². The molecule has 148 valence electrons. The quantitative estimate of drug-likeness (QED) is 0.470. The number of urea groups is 1. The summed E-state index contributed by atoms with van der Waals surface area (Å²) >= 11 is 0. The Morgan fingerprint density at radius 1 is 1.10 bits per heavy atom. The largest absolute Gasteiger partial charge is 0.481 e. The van der Waals surface area contributed by atoms with E-state index in [1.165, 1.54) is 25.3 Å². The van der Waals surface area contributed by atoms with Crippen LogP contribution in [0.15, 0.2) is 54.1 Å². The number of methoxy groups -OCH3 is 1. The van der Waals surface area contributed by atoms with Crippen LogP contribution in [-0.4, -0.2) is 37.5 Å². The van der Waals surface area contributed by atoms with E-state index in [0.717, 1.165) is 17.0 Å². The third-order valence-electron chi connectivity index (χ3n) is 3.98. The molecule has 0 radical (unpaired) electrons. The first-order chi connectivity index (χ1) is 13.9. The van der Waals surface area contributed by atoms with E-state index in [2.05, 4.69) is 10.1 Å². The summed E-state index contributed by atoms with van der Waals surface area (Å²) in [6.07, 6.45) is 1.24. The number of hydrogen-bond donors (Lipinski definition) is 1. The van der Waals surface area contributed by atoms with Gasteiger partial charge < -0.3 is 9.47 Å². The third-order valence-corrected chi connectivity index (χ3v) is 3.98. The van der Waals surface area contributed by atoms with Crippen LogP contribution in [0, 0.1) is 5.82 Å². The average Bonchev–Trinajstić information content (AvgIpc) is 2.71. The Bertz CT molecular complexity index is 1020. The zero-order chi connectivity index (χ0) is 21.0. The van der Waals surface area contributed by atoms with Crippen molar-refractivity contribution in [3.8, 4) is 5.75 Å². The lowest BCUT2D eigenvalue weighted by atomic mass is 10.1. The first-order valence-electron chi connectivity index (χ1n) is 8.36. The Kier molecular flexibility index (Phi) is 5.68. The summed E-state index contributed by atoms with van der Waals surface area (Å²) in [7, 11) is 1.21. The molecule has 0 saturated carbocycles. The molecule has 1 fully saturated rings. The highest BCUT2D eigenvalue weighted by atomic mass is 19.1. The zero-order valence-electron chi connectivity index (χ0n) is 15.2. The zero-order valence-corrected chi connectivity index (χ0v) is 15.2. The van der Waals surface area contributed by atoms with Crippen LogP contribution in [0.2, 0.25) is 0 Å². The molecule has 29 heavy (non-hydrogen) atoms. The monoisotopic (exact) mass is 398 g/mol. The van der Waals surface area contributed by atoms with Gasteiger partial charge in [0.05, 0.1) is 12.8 Å². The topological polar surface area (TPSA) is 102 Å². The minimum absolute atomic E-state index is 0.0996. The number of esters is 1. The molecule has 0 unspecified atom stereocenters. The van der Waals surface area contributed by atoms with Gasteiger partial charge in [0.2, 0.25) is 0 Å². The summed E-state index contributed by atoms with van der Waals surface area (Å²) in [5.74, 6) is -2.68. The predicted molar refractivity (Wildman–Crippen MR) is 99.4 cm³/mol. The third kappa shape index (κ3) is 4.29. The second-order valence-corrected chi connectivity index (χ2v) is 5.84. The molecule has 3 rings (SSSR count). The van der Waals surface area contributed by atoms with Crippen LogP contribution in [0.4, 0.5) is 14.9 Å². The second kappa shape index (κ2) is 8.34. The highest BCUT2D eigenvalue weighted by Gasteiger charge is 2.37. The van der Waals surface area contributed by atoms with Crippen molar-refractivity contribution in [2.75, 3.05) is 18.6 Å². The molecular formula is C20H15FN2O6. The number of nitrogens with zero attached hydrogens (tertiary/aromatic N) is 1. The molecule has 0 bridgehead atoms. The molecule has 2 aromatic carbocycles. The van der Waals surface area contributed by atoms with Crippen molar-refractivity contribution in [1.29, 1.82) is 0 Å². The molecule has 1 saturated heterocycles. The van der Waals surface area contributed by atoms with Gasteiger partial charge in [-0.3, -0.25) is 14.9 Å². The second-order valence-electron chi connectivity index (χ2n) is 5.84. The van der Waals surface area contributed by atoms with Gasteiger partial charge in [0.15, 0.2) is 6.61 Å². The number of carbonyl (C=O) groups is 4. The molecule has 0 spiro atoms. The fraction of sp³-hybridized carbons (Fsp3) is 0.100. The maximum Gasteiger partial charge on any atom is 0.343 e. The summed E-state index contributed by atoms with van der Waals surface area (Å²) in [5.41, 5.74) is 0.105. The summed E-state index contributed by atoms with van der Waals surface area (Å²) in [4.78, 5) is 49.3. The highest BCUT2D eigenvalue weighted by Crippen LogP contribution is 2.25. The van der Waals surface area contributed by atoms with Gasteiger partial charge in [-0.1, -0.05) is 18.2 Å². The minimum atomic E-state index is -0.945. The summed E-state index contributed by atoms with van der Waals surface area (Å²) in [5, 5.41) is 2.07. The van der Waals surface area contributed by atoms with Crippen LogP contribution in [0.1, 0.15) is 5.56 Å². The van der Waals surface area contributed by atoms with E-state index in [-0.39, 0.29) is 23.6 Å². The molecule has 8 nitrogen and oxygen atoms in total. The Labute approximate surface area is 164 Å². The average molecular weight is 398 g/mol. The standard InChI is InChI=1S/C20H15FN2O6/c1-28-17(24)11-29-16-5-3-2-4-12(16)10-15-18(25)22-20(27)23(19(15)26)14-8-6-13(21)7-9-14/h2-10H,11H2,1H3,(H,22,25,27)/b15-10+. The fourth-order valence-electron chi connectivity index (χ4n) is 2.56. The number of para-hydroxylation sites is 1. The molecule has 1 N–H and O–H groups in total. The number of ether oxygens (including phenoxy) is 2. The van der Waals surface area contributed by atoms with Crippen molar-refractivity contribution < 1.29 is 33.0 Å². The number of benzene rings is 2. The van der Waals surface area contributed by atoms with E-state index in [1.807, 2.05) is 0 Å². The SMILES string of the molecule is COC(=O)COc1ccccc1/C=C1\C(=O)NC(=O)N(c2ccc(F)cc2)C1=O. The van der Waals surface area contributed by atoms with Crippen LogP contribution in [0.25, 0.3) is 6.08 Å². The van der Waals surface area contributed by atoms with Crippen LogP contribution >= 0.6 is 0 Å². The predicted octanol–water partition coefficient (Wildman–Crippen LogP) is 2.04. The van der Waals surface area contributed by atoms with Crippen molar-refractivity contribution >= 4 is 35.6 Å². The highest BCUT2D eigenvalue weighted by molar-refractivity contribution is 6.39. The molecule has 9 heteroatoms. The van der Waals surface area contributed by atoms with Gasteiger partial charge in [0, 0.05) is 5.56 Å². The number of anilines is 1. The molecule has 0 atom stereocenters. The number of barbiturate groups is 1. The maximum atomic E-state index is 13.2. The first kappa shape index (κ1) is 19.7. The number of carbonyl (C=O) groups excluding carboxylic acids is 4. The first-order valence-corrected chi connectivity index (χ1v) is 8.36. The van der Waals surface area contributed by atoms with E-state index in [4.69, 9.17) is 4.74 Å². The molecular weight excluding hydrogens is 383 g/mol. The normalized spacial score (nSPS) is 15.3. The maximum absolute atomic E-state index is 13.2. The number of hydrogen-bond acceptors (Lipinski definition) is 6. The Balaban J connectivity index is 1.95. The summed E-state index contributed by atoms with van der Waals surface area (Å²) in [6, 6.07) is 10.1. The van der Waals surface area contributed by atoms with E-state index in [9.17, 15) is 23.6 Å². The molecule has 0 aliphatic carbocycles. The Hall–Kier alpha value is -4.01. The van der Waals surface area contributed by atoms with E-state index in [1.54, 1.807) is 24.3 Å². The number of nitrogens with one attached hydrogen (secondary N) is 1. The molecule has 1 aliphatic rings. The van der Waals surface area contributed by atoms with Crippen LogP contribution in [0.3, 0.4) is 0 Å². The van der Waals surface area contributed by atoms with E-state index in [0.29, 0.717) is 5.56 Å². The van der Waals surface area contributed by atoms with Crippen LogP contribution < -0.4 is 15.0 Å². The molecule has 1 heterocycles. The molecule has 0 aromatic heterocycles. The van der Waals surface area contributed by atoms with Gasteiger partial charge in [0.1, 0.15) is 17.1 Å². The smallest absolute Gasteiger partial charge is 0.343 e. The molecule has 4 amide bonds. The van der Waals surface area contributed by atoms with Gasteiger partial charge in [-0.15, -0.1) is 0 Å². The lowest BCUT2D eigenvalue weighted by Gasteiger charge is -2.26. The summed E-state index contributed by atoms with van der Waals surface area (Å²) in [6.45, 7) is -0.364. The van der Waals surface area contributed by atoms with E-state index < -0.39 is 29.6 Å². The van der Waals surface area contributed by atoms with Crippen LogP contribution in [0.5, 0.6) is 5.75 Å². The number of imide groups is 2. The lowest BCUT2D eigenvalue weighted by Crippen LogP contribution is -2.54. The Morgan fingerprint density at radius 3 is 2.48 bits per heavy atom. The minimum Gasteiger partial charge on any atom is -0.481 e. The number of halogens is 1. The van der Waals surface area contributed by atoms with Crippen molar-refractivity contribution in [2.45, 2.75) is 0 Å². The summed E-state index contributed by atoms with van der Waals surface area (Å²) < 4.78 is 23.0. The van der Waals surface area contributed by atoms with Crippen molar-refractivity contribution in [3.05, 3.63) is 65.5 Å². The fourth-order valence-corrected chi connectivity index (χ4v) is 2.56. The van der Waals surface area contributed by atoms with Crippen molar-refractivity contribution in [1.82, 2.24) is 5.32 Å². The number of rotatable bonds is 5. The van der Waals surface area contributed by atoms with Crippen molar-refractivity contribution in [3.63, 3.8) is 0 Å².